The molecule has 0 radical (unpaired) electrons. The third-order valence-corrected chi connectivity index (χ3v) is 5.69. The maximum atomic E-state index is 12.7. The van der Waals surface area contributed by atoms with Crippen LogP contribution in [0.15, 0.2) is 53.3 Å². The van der Waals surface area contributed by atoms with Gasteiger partial charge in [-0.1, -0.05) is 55.8 Å². The summed E-state index contributed by atoms with van der Waals surface area (Å²) in [5.74, 6) is 1.11. The van der Waals surface area contributed by atoms with Crippen molar-refractivity contribution in [3.63, 3.8) is 0 Å². The van der Waals surface area contributed by atoms with E-state index in [1.807, 2.05) is 49.4 Å². The number of carbonyl (C=O) groups excluding carboxylic acids is 1. The van der Waals surface area contributed by atoms with Crippen molar-refractivity contribution in [3.8, 4) is 0 Å². The topological polar surface area (TPSA) is 78.1 Å². The molecule has 0 unspecified atom stereocenters. The summed E-state index contributed by atoms with van der Waals surface area (Å²) < 4.78 is 0. The van der Waals surface area contributed by atoms with Gasteiger partial charge in [0.1, 0.15) is 5.82 Å². The van der Waals surface area contributed by atoms with Crippen LogP contribution in [0.4, 0.5) is 10.5 Å². The summed E-state index contributed by atoms with van der Waals surface area (Å²) in [4.78, 5) is 34.7. The third kappa shape index (κ3) is 4.85. The second kappa shape index (κ2) is 8.76. The molecule has 0 fully saturated rings. The lowest BCUT2D eigenvalue weighted by Crippen LogP contribution is -2.42. The Hall–Kier alpha value is -3.41. The molecule has 1 aliphatic rings. The van der Waals surface area contributed by atoms with Crippen molar-refractivity contribution in [3.05, 3.63) is 92.7 Å². The first-order chi connectivity index (χ1) is 14.9. The number of anilines is 1. The van der Waals surface area contributed by atoms with Gasteiger partial charge in [0.25, 0.3) is 5.56 Å². The van der Waals surface area contributed by atoms with Gasteiger partial charge in [-0.2, -0.15) is 0 Å². The van der Waals surface area contributed by atoms with E-state index in [1.165, 1.54) is 11.1 Å². The predicted octanol–water partition coefficient (Wildman–Crippen LogP) is 4.38. The molecule has 1 aromatic heterocycles. The van der Waals surface area contributed by atoms with Gasteiger partial charge in [0.15, 0.2) is 0 Å². The highest BCUT2D eigenvalue weighted by molar-refractivity contribution is 5.89. The number of rotatable bonds is 4. The molecule has 0 saturated carbocycles. The molecular weight excluding hydrogens is 388 g/mol. The lowest BCUT2D eigenvalue weighted by molar-refractivity contribution is 0.205. The van der Waals surface area contributed by atoms with Crippen molar-refractivity contribution in [2.24, 2.45) is 0 Å². The second-order valence-corrected chi connectivity index (χ2v) is 8.48. The molecule has 0 bridgehead atoms. The standard InChI is InChI=1S/C25H28N4O2/c1-16(2)19-7-9-20(10-8-19)26-25(31)29-12-11-22-21(15-29)24(30)28-23(27-22)14-18-6-4-5-17(3)13-18/h4-10,13,16H,11-12,14-15H2,1-3H3,(H,26,31)(H,27,28,30). The second-order valence-electron chi connectivity index (χ2n) is 8.48. The van der Waals surface area contributed by atoms with Crippen LogP contribution in [-0.4, -0.2) is 27.4 Å². The van der Waals surface area contributed by atoms with Crippen LogP contribution in [0.1, 0.15) is 53.5 Å². The summed E-state index contributed by atoms with van der Waals surface area (Å²) in [7, 11) is 0. The van der Waals surface area contributed by atoms with Crippen LogP contribution < -0.4 is 10.9 Å². The zero-order valence-electron chi connectivity index (χ0n) is 18.2. The maximum Gasteiger partial charge on any atom is 0.322 e. The van der Waals surface area contributed by atoms with E-state index in [0.717, 1.165) is 16.9 Å². The molecule has 0 spiro atoms. The number of aryl methyl sites for hydroxylation is 1. The minimum Gasteiger partial charge on any atom is -0.320 e. The Morgan fingerprint density at radius 2 is 1.97 bits per heavy atom. The van der Waals surface area contributed by atoms with E-state index in [0.29, 0.717) is 36.7 Å². The molecule has 2 N–H and O–H groups in total. The smallest absolute Gasteiger partial charge is 0.320 e. The molecule has 0 atom stereocenters. The van der Waals surface area contributed by atoms with E-state index < -0.39 is 0 Å². The molecule has 1 aliphatic heterocycles. The van der Waals surface area contributed by atoms with Gasteiger partial charge in [0.05, 0.1) is 17.8 Å². The average Bonchev–Trinajstić information content (AvgIpc) is 2.74. The highest BCUT2D eigenvalue weighted by Gasteiger charge is 2.24. The Bertz CT molecular complexity index is 1150. The van der Waals surface area contributed by atoms with Crippen LogP contribution in [0.5, 0.6) is 0 Å². The van der Waals surface area contributed by atoms with Crippen LogP contribution in [0.3, 0.4) is 0 Å². The summed E-state index contributed by atoms with van der Waals surface area (Å²) in [5, 5.41) is 2.93. The number of benzene rings is 2. The van der Waals surface area contributed by atoms with Gasteiger partial charge in [-0.15, -0.1) is 0 Å². The van der Waals surface area contributed by atoms with Crippen molar-refractivity contribution in [1.29, 1.82) is 0 Å². The van der Waals surface area contributed by atoms with E-state index in [4.69, 9.17) is 0 Å². The molecular formula is C25H28N4O2. The molecule has 6 heteroatoms. The van der Waals surface area contributed by atoms with Crippen LogP contribution in [0.2, 0.25) is 0 Å². The normalized spacial score (nSPS) is 13.2. The third-order valence-electron chi connectivity index (χ3n) is 5.69. The number of aromatic amines is 1. The zero-order chi connectivity index (χ0) is 22.0. The number of amides is 2. The van der Waals surface area contributed by atoms with E-state index in [-0.39, 0.29) is 18.1 Å². The first-order valence-electron chi connectivity index (χ1n) is 10.7. The summed E-state index contributed by atoms with van der Waals surface area (Å²) in [6.45, 7) is 7.11. The number of carbonyl (C=O) groups is 1. The molecule has 3 aromatic rings. The van der Waals surface area contributed by atoms with Crippen LogP contribution in [0, 0.1) is 6.92 Å². The molecule has 0 saturated heterocycles. The van der Waals surface area contributed by atoms with E-state index in [1.54, 1.807) is 4.90 Å². The molecule has 6 nitrogen and oxygen atoms in total. The van der Waals surface area contributed by atoms with Crippen LogP contribution >= 0.6 is 0 Å². The Morgan fingerprint density at radius 1 is 1.19 bits per heavy atom. The first-order valence-corrected chi connectivity index (χ1v) is 10.7. The van der Waals surface area contributed by atoms with Crippen molar-refractivity contribution in [1.82, 2.24) is 14.9 Å². The van der Waals surface area contributed by atoms with E-state index >= 15 is 0 Å². The Morgan fingerprint density at radius 3 is 2.68 bits per heavy atom. The first kappa shape index (κ1) is 20.8. The van der Waals surface area contributed by atoms with Crippen LogP contribution in [-0.2, 0) is 19.4 Å². The summed E-state index contributed by atoms with van der Waals surface area (Å²) in [6, 6.07) is 15.9. The minimum atomic E-state index is -0.203. The number of H-pyrrole nitrogens is 1. The van der Waals surface area contributed by atoms with Gasteiger partial charge in [0.2, 0.25) is 0 Å². The van der Waals surface area contributed by atoms with Crippen molar-refractivity contribution in [2.45, 2.75) is 46.1 Å². The molecule has 2 aromatic carbocycles. The summed E-state index contributed by atoms with van der Waals surface area (Å²) in [5.41, 5.74) is 5.47. The Balaban J connectivity index is 1.45. The molecule has 2 heterocycles. The largest absolute Gasteiger partial charge is 0.322 e. The number of nitrogens with one attached hydrogen (secondary N) is 2. The highest BCUT2D eigenvalue weighted by atomic mass is 16.2. The molecule has 4 rings (SSSR count). The van der Waals surface area contributed by atoms with Gasteiger partial charge < -0.3 is 15.2 Å². The van der Waals surface area contributed by atoms with Crippen molar-refractivity contribution in [2.75, 3.05) is 11.9 Å². The fourth-order valence-corrected chi connectivity index (χ4v) is 3.90. The number of fused-ring (bicyclic) bond motifs is 1. The molecule has 2 amide bonds. The predicted molar refractivity (Wildman–Crippen MR) is 123 cm³/mol. The van der Waals surface area contributed by atoms with E-state index in [2.05, 4.69) is 35.2 Å². The monoisotopic (exact) mass is 416 g/mol. The lowest BCUT2D eigenvalue weighted by atomic mass is 10.0. The van der Waals surface area contributed by atoms with Gasteiger partial charge >= 0.3 is 6.03 Å². The SMILES string of the molecule is Cc1cccc(Cc2nc3c(c(=O)[nH]2)CN(C(=O)Nc2ccc(C(C)C)cc2)CC3)c1. The number of aromatic nitrogens is 2. The van der Waals surface area contributed by atoms with E-state index in [9.17, 15) is 9.59 Å². The minimum absolute atomic E-state index is 0.161. The van der Waals surface area contributed by atoms with Gasteiger partial charge in [0, 0.05) is 25.1 Å². The number of hydrogen-bond donors (Lipinski definition) is 2. The van der Waals surface area contributed by atoms with Crippen molar-refractivity contribution < 1.29 is 4.79 Å². The lowest BCUT2D eigenvalue weighted by Gasteiger charge is -2.28. The zero-order valence-corrected chi connectivity index (χ0v) is 18.2. The van der Waals surface area contributed by atoms with Gasteiger partial charge in [-0.3, -0.25) is 4.79 Å². The van der Waals surface area contributed by atoms with Crippen molar-refractivity contribution >= 4 is 11.7 Å². The highest BCUT2D eigenvalue weighted by Crippen LogP contribution is 2.19. The Labute approximate surface area is 182 Å². The maximum absolute atomic E-state index is 12.7. The summed E-state index contributed by atoms with van der Waals surface area (Å²) >= 11 is 0. The number of urea groups is 1. The Kier molecular flexibility index (Phi) is 5.89. The van der Waals surface area contributed by atoms with Crippen LogP contribution in [0.25, 0.3) is 0 Å². The molecule has 0 aliphatic carbocycles. The summed E-state index contributed by atoms with van der Waals surface area (Å²) in [6.07, 6.45) is 1.15. The quantitative estimate of drug-likeness (QED) is 0.662. The average molecular weight is 417 g/mol. The van der Waals surface area contributed by atoms with Gasteiger partial charge in [-0.25, -0.2) is 9.78 Å². The molecule has 31 heavy (non-hydrogen) atoms. The number of hydrogen-bond acceptors (Lipinski definition) is 3. The molecule has 160 valence electrons. The van der Waals surface area contributed by atoms with Gasteiger partial charge in [-0.05, 0) is 36.1 Å². The fourth-order valence-electron chi connectivity index (χ4n) is 3.90. The fraction of sp³-hybridized carbons (Fsp3) is 0.320. The number of nitrogens with zero attached hydrogens (tertiary/aromatic N) is 2.